The number of rotatable bonds is 21. The van der Waals surface area contributed by atoms with Gasteiger partial charge in [0.05, 0.1) is 25.3 Å². The minimum absolute atomic E-state index is 0.0322. The second-order valence-electron chi connectivity index (χ2n) is 11.9. The Balaban J connectivity index is 5.14. The number of carbonyl (C=O) groups excluding carboxylic acids is 4. The van der Waals surface area contributed by atoms with E-state index in [1.807, 2.05) is 55.4 Å². The lowest BCUT2D eigenvalue weighted by Gasteiger charge is -2.22. The van der Waals surface area contributed by atoms with Crippen LogP contribution in [0.4, 0.5) is 0 Å². The molecular weight excluding hydrogens is 496 g/mol. The first-order chi connectivity index (χ1) is 18.3. The van der Waals surface area contributed by atoms with Crippen LogP contribution in [0.2, 0.25) is 0 Å². The summed E-state index contributed by atoms with van der Waals surface area (Å²) in [6, 6.07) is 0. The highest BCUT2D eigenvalue weighted by Crippen LogP contribution is 2.01. The average Bonchev–Trinajstić information content (AvgIpc) is 2.78. The Labute approximate surface area is 236 Å². The molecule has 0 unspecified atom stereocenters. The lowest BCUT2D eigenvalue weighted by atomic mass is 10.1. The zero-order chi connectivity index (χ0) is 29.8. The standard InChI is InChI=1S/C29H56N6O4/c1-21(2)15-26(36)31-10-13-35(14-11-32-27(37)16-22(3)4)12-9-30-25(19-33-28(38)17-23(5)6)20-34-29(39)18-24(7)8/h21-24H,9-20H2,1-8H3,(H,31,36)(H,32,37)(H,33,38)(H,34,39). The van der Waals surface area contributed by atoms with Crippen LogP contribution in [-0.4, -0.2) is 86.6 Å². The van der Waals surface area contributed by atoms with E-state index in [-0.39, 0.29) is 48.6 Å². The second-order valence-corrected chi connectivity index (χ2v) is 11.9. The zero-order valence-corrected chi connectivity index (χ0v) is 25.8. The lowest BCUT2D eigenvalue weighted by molar-refractivity contribution is -0.122. The van der Waals surface area contributed by atoms with Crippen molar-refractivity contribution in [1.82, 2.24) is 26.2 Å². The molecule has 0 radical (unpaired) electrons. The molecule has 10 heteroatoms. The van der Waals surface area contributed by atoms with Crippen molar-refractivity contribution < 1.29 is 19.2 Å². The van der Waals surface area contributed by atoms with Gasteiger partial charge in [0.25, 0.3) is 0 Å². The molecule has 0 aromatic carbocycles. The molecular formula is C29H56N6O4. The van der Waals surface area contributed by atoms with Gasteiger partial charge in [0, 0.05) is 58.4 Å². The highest BCUT2D eigenvalue weighted by Gasteiger charge is 2.12. The Hall–Kier alpha value is -2.49. The maximum Gasteiger partial charge on any atom is 0.220 e. The van der Waals surface area contributed by atoms with Crippen molar-refractivity contribution in [3.05, 3.63) is 0 Å². The minimum atomic E-state index is -0.0397. The molecule has 0 aliphatic heterocycles. The number of hydrogen-bond donors (Lipinski definition) is 4. The molecule has 0 heterocycles. The van der Waals surface area contributed by atoms with E-state index in [0.717, 1.165) is 0 Å². The molecule has 0 saturated heterocycles. The summed E-state index contributed by atoms with van der Waals surface area (Å²) in [5, 5.41) is 11.8. The van der Waals surface area contributed by atoms with Gasteiger partial charge in [0.2, 0.25) is 23.6 Å². The van der Waals surface area contributed by atoms with Crippen molar-refractivity contribution in [3.8, 4) is 0 Å². The Morgan fingerprint density at radius 3 is 1.21 bits per heavy atom. The van der Waals surface area contributed by atoms with Crippen LogP contribution in [-0.2, 0) is 19.2 Å². The molecule has 0 aliphatic carbocycles. The van der Waals surface area contributed by atoms with Gasteiger partial charge in [-0.25, -0.2) is 0 Å². The second kappa shape index (κ2) is 21.3. The highest BCUT2D eigenvalue weighted by molar-refractivity contribution is 5.93. The number of amides is 4. The van der Waals surface area contributed by atoms with E-state index < -0.39 is 0 Å². The fourth-order valence-electron chi connectivity index (χ4n) is 3.74. The van der Waals surface area contributed by atoms with Crippen LogP contribution in [0.15, 0.2) is 4.99 Å². The summed E-state index contributed by atoms with van der Waals surface area (Å²) >= 11 is 0. The van der Waals surface area contributed by atoms with E-state index in [2.05, 4.69) is 26.2 Å². The molecule has 4 N–H and O–H groups in total. The summed E-state index contributed by atoms with van der Waals surface area (Å²) in [6.45, 7) is 19.9. The van der Waals surface area contributed by atoms with E-state index >= 15 is 0 Å². The summed E-state index contributed by atoms with van der Waals surface area (Å²) in [6.07, 6.45) is 1.85. The first-order valence-corrected chi connectivity index (χ1v) is 14.6. The van der Waals surface area contributed by atoms with Gasteiger partial charge in [0.15, 0.2) is 0 Å². The van der Waals surface area contributed by atoms with Crippen molar-refractivity contribution >= 4 is 29.3 Å². The van der Waals surface area contributed by atoms with E-state index in [9.17, 15) is 19.2 Å². The number of carbonyl (C=O) groups is 4. The molecule has 0 saturated carbocycles. The summed E-state index contributed by atoms with van der Waals surface area (Å²) < 4.78 is 0. The molecule has 0 spiro atoms. The van der Waals surface area contributed by atoms with Crippen LogP contribution in [0, 0.1) is 23.7 Å². The topological polar surface area (TPSA) is 132 Å². The molecule has 0 bridgehead atoms. The molecule has 0 aliphatic rings. The number of aliphatic imine (C=N–C) groups is 1. The van der Waals surface area contributed by atoms with Crippen molar-refractivity contribution in [2.24, 2.45) is 28.7 Å². The van der Waals surface area contributed by atoms with Gasteiger partial charge in [-0.1, -0.05) is 55.4 Å². The van der Waals surface area contributed by atoms with E-state index in [4.69, 9.17) is 4.99 Å². The van der Waals surface area contributed by atoms with Crippen LogP contribution in [0.1, 0.15) is 81.1 Å². The maximum atomic E-state index is 12.2. The smallest absolute Gasteiger partial charge is 0.220 e. The quantitative estimate of drug-likeness (QED) is 0.162. The van der Waals surface area contributed by atoms with Gasteiger partial charge in [0.1, 0.15) is 0 Å². The Kier molecular flexibility index (Phi) is 20.0. The Morgan fingerprint density at radius 1 is 0.538 bits per heavy atom. The molecule has 39 heavy (non-hydrogen) atoms. The van der Waals surface area contributed by atoms with Crippen molar-refractivity contribution in [3.63, 3.8) is 0 Å². The van der Waals surface area contributed by atoms with Gasteiger partial charge in [-0.2, -0.15) is 0 Å². The third-order valence-corrected chi connectivity index (χ3v) is 5.61. The fourth-order valence-corrected chi connectivity index (χ4v) is 3.74. The number of nitrogens with one attached hydrogen (secondary N) is 4. The van der Waals surface area contributed by atoms with Crippen molar-refractivity contribution in [2.45, 2.75) is 81.1 Å². The molecule has 0 rings (SSSR count). The molecule has 0 aromatic rings. The summed E-state index contributed by atoms with van der Waals surface area (Å²) in [4.78, 5) is 55.3. The van der Waals surface area contributed by atoms with Crippen LogP contribution in [0.3, 0.4) is 0 Å². The Morgan fingerprint density at radius 2 is 0.872 bits per heavy atom. The molecule has 10 nitrogen and oxygen atoms in total. The van der Waals surface area contributed by atoms with Gasteiger partial charge in [-0.15, -0.1) is 0 Å². The maximum absolute atomic E-state index is 12.2. The normalized spacial score (nSPS) is 11.3. The summed E-state index contributed by atoms with van der Waals surface area (Å²) in [5.41, 5.74) is 0.708. The first-order valence-electron chi connectivity index (χ1n) is 14.6. The highest BCUT2D eigenvalue weighted by atomic mass is 16.2. The molecule has 0 aromatic heterocycles. The van der Waals surface area contributed by atoms with Gasteiger partial charge < -0.3 is 21.3 Å². The van der Waals surface area contributed by atoms with E-state index in [0.29, 0.717) is 82.5 Å². The average molecular weight is 553 g/mol. The predicted molar refractivity (Wildman–Crippen MR) is 159 cm³/mol. The van der Waals surface area contributed by atoms with E-state index in [1.54, 1.807) is 0 Å². The summed E-state index contributed by atoms with van der Waals surface area (Å²) in [5.74, 6) is 1.09. The van der Waals surface area contributed by atoms with Gasteiger partial charge in [-0.3, -0.25) is 29.1 Å². The first kappa shape index (κ1) is 36.5. The summed E-state index contributed by atoms with van der Waals surface area (Å²) in [7, 11) is 0. The monoisotopic (exact) mass is 552 g/mol. The molecule has 0 fully saturated rings. The van der Waals surface area contributed by atoms with Crippen LogP contribution in [0.5, 0.6) is 0 Å². The Bertz CT molecular complexity index is 709. The van der Waals surface area contributed by atoms with Gasteiger partial charge in [-0.05, 0) is 23.7 Å². The van der Waals surface area contributed by atoms with Crippen LogP contribution < -0.4 is 21.3 Å². The molecule has 0 atom stereocenters. The third kappa shape index (κ3) is 23.1. The predicted octanol–water partition coefficient (Wildman–Crippen LogP) is 2.38. The SMILES string of the molecule is CC(C)CC(=O)NCCN(CCN=C(CNC(=O)CC(C)C)CNC(=O)CC(C)C)CCNC(=O)CC(C)C. The van der Waals surface area contributed by atoms with Crippen LogP contribution >= 0.6 is 0 Å². The number of nitrogens with zero attached hydrogens (tertiary/aromatic N) is 2. The number of hydrogen-bond acceptors (Lipinski definition) is 6. The van der Waals surface area contributed by atoms with Crippen LogP contribution in [0.25, 0.3) is 0 Å². The van der Waals surface area contributed by atoms with Gasteiger partial charge >= 0.3 is 0 Å². The molecule has 4 amide bonds. The molecule has 226 valence electrons. The minimum Gasteiger partial charge on any atom is -0.355 e. The largest absolute Gasteiger partial charge is 0.355 e. The van der Waals surface area contributed by atoms with Crippen molar-refractivity contribution in [1.29, 1.82) is 0 Å². The third-order valence-electron chi connectivity index (χ3n) is 5.61. The zero-order valence-electron chi connectivity index (χ0n) is 25.8. The lowest BCUT2D eigenvalue weighted by Crippen LogP contribution is -2.41. The van der Waals surface area contributed by atoms with Crippen molar-refractivity contribution in [2.75, 3.05) is 52.4 Å². The van der Waals surface area contributed by atoms with E-state index in [1.165, 1.54) is 0 Å². The fraction of sp³-hybridized carbons (Fsp3) is 0.828.